The predicted molar refractivity (Wildman–Crippen MR) is 57.0 cm³/mol. The van der Waals surface area contributed by atoms with Crippen LogP contribution in [0.15, 0.2) is 11.3 Å². The van der Waals surface area contributed by atoms with Crippen molar-refractivity contribution in [3.63, 3.8) is 0 Å². The van der Waals surface area contributed by atoms with Crippen LogP contribution < -0.4 is 0 Å². The highest BCUT2D eigenvalue weighted by Gasteiger charge is 2.37. The molecule has 0 aromatic carbocycles. The molecular formula is C11H13N5. The van der Waals surface area contributed by atoms with E-state index in [1.54, 1.807) is 24.1 Å². The molecule has 5 nitrogen and oxygen atoms in total. The highest BCUT2D eigenvalue weighted by molar-refractivity contribution is 5.42. The van der Waals surface area contributed by atoms with Gasteiger partial charge in [-0.2, -0.15) is 15.8 Å². The van der Waals surface area contributed by atoms with Crippen LogP contribution in [0.4, 0.5) is 0 Å². The number of nitrogens with zero attached hydrogens (tertiary/aromatic N) is 5. The minimum absolute atomic E-state index is 0.0568. The summed E-state index contributed by atoms with van der Waals surface area (Å²) in [6.45, 7) is 1.93. The lowest BCUT2D eigenvalue weighted by Crippen LogP contribution is -2.39. The van der Waals surface area contributed by atoms with Crippen molar-refractivity contribution in [3.05, 3.63) is 11.3 Å². The van der Waals surface area contributed by atoms with Gasteiger partial charge in [0.05, 0.1) is 11.8 Å². The molecule has 0 aromatic heterocycles. The molecule has 82 valence electrons. The van der Waals surface area contributed by atoms with Gasteiger partial charge in [0.15, 0.2) is 0 Å². The minimum atomic E-state index is -0.295. The molecule has 0 aromatic rings. The number of allylic oxidation sites excluding steroid dienone is 2. The van der Waals surface area contributed by atoms with Gasteiger partial charge in [0.25, 0.3) is 0 Å². The summed E-state index contributed by atoms with van der Waals surface area (Å²) in [6.07, 6.45) is 0.650. The molecule has 0 radical (unpaired) electrons. The summed E-state index contributed by atoms with van der Waals surface area (Å²) in [5.74, 6) is 0.0568. The van der Waals surface area contributed by atoms with Crippen LogP contribution in [0, 0.1) is 39.9 Å². The van der Waals surface area contributed by atoms with Gasteiger partial charge in [-0.3, -0.25) is 5.01 Å². The molecule has 1 rings (SSSR count). The molecule has 0 saturated carbocycles. The van der Waals surface area contributed by atoms with Crippen LogP contribution in [-0.2, 0) is 0 Å². The summed E-state index contributed by atoms with van der Waals surface area (Å²) in [6, 6.07) is 5.68. The van der Waals surface area contributed by atoms with E-state index in [1.807, 2.05) is 19.1 Å². The molecule has 1 aliphatic heterocycles. The van der Waals surface area contributed by atoms with Crippen molar-refractivity contribution in [2.75, 3.05) is 14.1 Å². The third-order valence-electron chi connectivity index (χ3n) is 2.65. The van der Waals surface area contributed by atoms with Crippen LogP contribution in [0.1, 0.15) is 13.3 Å². The fraction of sp³-hybridized carbons (Fsp3) is 0.545. The third-order valence-corrected chi connectivity index (χ3v) is 2.65. The average molecular weight is 215 g/mol. The zero-order valence-corrected chi connectivity index (χ0v) is 9.60. The first-order valence-corrected chi connectivity index (χ1v) is 4.97. The van der Waals surface area contributed by atoms with Crippen molar-refractivity contribution in [1.82, 2.24) is 10.0 Å². The predicted octanol–water partition coefficient (Wildman–Crippen LogP) is 0.998. The molecule has 0 spiro atoms. The van der Waals surface area contributed by atoms with Crippen molar-refractivity contribution in [3.8, 4) is 18.2 Å². The smallest absolute Gasteiger partial charge is 0.150 e. The van der Waals surface area contributed by atoms with E-state index in [0.29, 0.717) is 12.1 Å². The molecule has 16 heavy (non-hydrogen) atoms. The number of nitriles is 3. The van der Waals surface area contributed by atoms with E-state index in [-0.39, 0.29) is 17.5 Å². The van der Waals surface area contributed by atoms with Crippen molar-refractivity contribution >= 4 is 0 Å². The normalized spacial score (nSPS) is 23.8. The molecular weight excluding hydrogens is 202 g/mol. The molecule has 1 fully saturated rings. The minimum Gasteiger partial charge on any atom is -0.291 e. The molecule has 5 heteroatoms. The molecule has 1 saturated heterocycles. The fourth-order valence-corrected chi connectivity index (χ4v) is 2.04. The van der Waals surface area contributed by atoms with Gasteiger partial charge in [-0.25, -0.2) is 5.01 Å². The average Bonchev–Trinajstić information content (AvgIpc) is 2.58. The van der Waals surface area contributed by atoms with E-state index in [9.17, 15) is 0 Å². The highest BCUT2D eigenvalue weighted by Crippen LogP contribution is 2.35. The Hall–Kier alpha value is -2.03. The van der Waals surface area contributed by atoms with E-state index in [2.05, 4.69) is 6.07 Å². The van der Waals surface area contributed by atoms with Gasteiger partial charge >= 0.3 is 0 Å². The Bertz CT molecular complexity index is 413. The van der Waals surface area contributed by atoms with Gasteiger partial charge in [-0.05, 0) is 6.42 Å². The third kappa shape index (κ3) is 1.84. The first-order chi connectivity index (χ1) is 7.56. The topological polar surface area (TPSA) is 77.8 Å². The summed E-state index contributed by atoms with van der Waals surface area (Å²) in [5, 5.41) is 30.3. The van der Waals surface area contributed by atoms with Gasteiger partial charge in [0.1, 0.15) is 23.8 Å². The first-order valence-electron chi connectivity index (χ1n) is 4.97. The second kappa shape index (κ2) is 4.66. The molecule has 0 N–H and O–H groups in total. The van der Waals surface area contributed by atoms with Gasteiger partial charge in [0, 0.05) is 20.0 Å². The summed E-state index contributed by atoms with van der Waals surface area (Å²) in [5.41, 5.74) is 0.750. The van der Waals surface area contributed by atoms with Gasteiger partial charge < -0.3 is 0 Å². The van der Waals surface area contributed by atoms with Crippen molar-refractivity contribution < 1.29 is 0 Å². The highest BCUT2D eigenvalue weighted by atomic mass is 15.6. The van der Waals surface area contributed by atoms with Gasteiger partial charge in [-0.1, -0.05) is 6.92 Å². The maximum absolute atomic E-state index is 9.04. The van der Waals surface area contributed by atoms with E-state index in [4.69, 9.17) is 15.8 Å². The van der Waals surface area contributed by atoms with Gasteiger partial charge in [-0.15, -0.1) is 0 Å². The Morgan fingerprint density at radius 3 is 2.25 bits per heavy atom. The van der Waals surface area contributed by atoms with E-state index >= 15 is 0 Å². The monoisotopic (exact) mass is 215 g/mol. The van der Waals surface area contributed by atoms with Crippen molar-refractivity contribution in [1.29, 1.82) is 15.8 Å². The van der Waals surface area contributed by atoms with E-state index in [1.165, 1.54) is 0 Å². The lowest BCUT2D eigenvalue weighted by atomic mass is 10.0. The SMILES string of the molecule is C[C@H]1C[C@H](C#N)N(N(C)C)C1=C(C#N)C#N. The number of hydrogen-bond donors (Lipinski definition) is 0. The molecule has 0 amide bonds. The molecule has 1 aliphatic rings. The number of rotatable bonds is 1. The zero-order chi connectivity index (χ0) is 12.3. The summed E-state index contributed by atoms with van der Waals surface area (Å²) in [4.78, 5) is 0. The zero-order valence-electron chi connectivity index (χ0n) is 9.60. The molecule has 0 bridgehead atoms. The van der Waals surface area contributed by atoms with E-state index in [0.717, 1.165) is 0 Å². The Morgan fingerprint density at radius 2 is 1.88 bits per heavy atom. The Balaban J connectivity index is 3.29. The van der Waals surface area contributed by atoms with Crippen LogP contribution in [0.3, 0.4) is 0 Å². The lowest BCUT2D eigenvalue weighted by molar-refractivity contribution is 0.0601. The Morgan fingerprint density at radius 1 is 1.31 bits per heavy atom. The second-order valence-electron chi connectivity index (χ2n) is 3.96. The quantitative estimate of drug-likeness (QED) is 0.610. The summed E-state index contributed by atoms with van der Waals surface area (Å²) < 4.78 is 0. The number of hydrazine groups is 1. The largest absolute Gasteiger partial charge is 0.291 e. The van der Waals surface area contributed by atoms with Crippen LogP contribution in [0.5, 0.6) is 0 Å². The van der Waals surface area contributed by atoms with Crippen LogP contribution in [-0.4, -0.2) is 30.2 Å². The van der Waals surface area contributed by atoms with Crippen LogP contribution >= 0.6 is 0 Å². The van der Waals surface area contributed by atoms with Gasteiger partial charge in [0.2, 0.25) is 0 Å². The van der Waals surface area contributed by atoms with E-state index < -0.39 is 0 Å². The van der Waals surface area contributed by atoms with Crippen LogP contribution in [0.2, 0.25) is 0 Å². The fourth-order valence-electron chi connectivity index (χ4n) is 2.04. The van der Waals surface area contributed by atoms with Crippen LogP contribution in [0.25, 0.3) is 0 Å². The number of hydrogen-bond acceptors (Lipinski definition) is 5. The maximum Gasteiger partial charge on any atom is 0.150 e. The Labute approximate surface area is 95.4 Å². The lowest BCUT2D eigenvalue weighted by Gasteiger charge is -2.30. The summed E-state index contributed by atoms with van der Waals surface area (Å²) >= 11 is 0. The van der Waals surface area contributed by atoms with Crippen molar-refractivity contribution in [2.45, 2.75) is 19.4 Å². The first kappa shape index (κ1) is 12.0. The molecule has 1 heterocycles. The Kier molecular flexibility index (Phi) is 3.51. The van der Waals surface area contributed by atoms with Crippen molar-refractivity contribution in [2.24, 2.45) is 5.92 Å². The summed E-state index contributed by atoms with van der Waals surface area (Å²) in [7, 11) is 3.60. The molecule has 0 aliphatic carbocycles. The molecule has 2 atom stereocenters. The maximum atomic E-state index is 9.04. The molecule has 0 unspecified atom stereocenters. The second-order valence-corrected chi connectivity index (χ2v) is 3.96. The standard InChI is InChI=1S/C11H13N5/c1-8-4-10(7-14)16(15(2)3)11(8)9(5-12)6-13/h8,10H,4H2,1-3H3/t8-,10+/m0/s1.